The van der Waals surface area contributed by atoms with Gasteiger partial charge in [-0.1, -0.05) is 48.5 Å². The fourth-order valence-corrected chi connectivity index (χ4v) is 4.16. The number of thiophene rings is 1. The highest BCUT2D eigenvalue weighted by molar-refractivity contribution is 7.98. The first-order valence-corrected chi connectivity index (χ1v) is 9.94. The third-order valence-electron chi connectivity index (χ3n) is 3.57. The van der Waals surface area contributed by atoms with Gasteiger partial charge in [0.25, 0.3) is 0 Å². The predicted octanol–water partition coefficient (Wildman–Crippen LogP) is 5.70. The quantitative estimate of drug-likeness (QED) is 0.392. The molecular weight excluding hydrogens is 358 g/mol. The van der Waals surface area contributed by atoms with Crippen LogP contribution in [0.1, 0.15) is 17.4 Å². The van der Waals surface area contributed by atoms with Crippen LogP contribution in [0.15, 0.2) is 53.5 Å². The molecule has 0 atom stereocenters. The fourth-order valence-electron chi connectivity index (χ4n) is 2.31. The summed E-state index contributed by atoms with van der Waals surface area (Å²) in [6.07, 6.45) is 2.92. The Bertz CT molecular complexity index is 821. The van der Waals surface area contributed by atoms with E-state index in [0.717, 1.165) is 33.7 Å². The highest BCUT2D eigenvalue weighted by Gasteiger charge is 2.14. The summed E-state index contributed by atoms with van der Waals surface area (Å²) in [6, 6.07) is 10.1. The Morgan fingerprint density at radius 3 is 2.75 bits per heavy atom. The molecule has 24 heavy (non-hydrogen) atoms. The average molecular weight is 376 g/mol. The standard InChI is InChI=1S/C18H18ClN3S2/c1-3-9-22-17(14-10-16(4-2)23-12-14)20-21-18(22)24-11-13-5-7-15(19)8-6-13/h3,5-8,10,12H,1,4,9,11H2,2H3. The Labute approximate surface area is 155 Å². The van der Waals surface area contributed by atoms with Crippen LogP contribution in [-0.2, 0) is 18.7 Å². The summed E-state index contributed by atoms with van der Waals surface area (Å²) in [5.74, 6) is 1.74. The Kier molecular flexibility index (Phi) is 5.76. The van der Waals surface area contributed by atoms with E-state index in [1.807, 2.05) is 30.3 Å². The van der Waals surface area contributed by atoms with Crippen LogP contribution < -0.4 is 0 Å². The molecule has 3 aromatic rings. The zero-order valence-electron chi connectivity index (χ0n) is 13.4. The smallest absolute Gasteiger partial charge is 0.192 e. The van der Waals surface area contributed by atoms with Crippen molar-refractivity contribution in [3.05, 3.63) is 63.8 Å². The SMILES string of the molecule is C=CCn1c(SCc2ccc(Cl)cc2)nnc1-c1csc(CC)c1. The molecule has 0 N–H and O–H groups in total. The van der Waals surface area contributed by atoms with E-state index < -0.39 is 0 Å². The number of aryl methyl sites for hydroxylation is 1. The predicted molar refractivity (Wildman–Crippen MR) is 104 cm³/mol. The van der Waals surface area contributed by atoms with Gasteiger partial charge in [0.05, 0.1) is 0 Å². The third-order valence-corrected chi connectivity index (χ3v) is 5.94. The van der Waals surface area contributed by atoms with E-state index in [1.165, 1.54) is 10.4 Å². The van der Waals surface area contributed by atoms with Crippen LogP contribution in [-0.4, -0.2) is 14.8 Å². The van der Waals surface area contributed by atoms with Gasteiger partial charge in [-0.15, -0.1) is 28.1 Å². The van der Waals surface area contributed by atoms with Crippen molar-refractivity contribution in [3.63, 3.8) is 0 Å². The van der Waals surface area contributed by atoms with Gasteiger partial charge in [0, 0.05) is 33.1 Å². The maximum atomic E-state index is 5.94. The summed E-state index contributed by atoms with van der Waals surface area (Å²) in [6.45, 7) is 6.72. The lowest BCUT2D eigenvalue weighted by atomic mass is 10.2. The highest BCUT2D eigenvalue weighted by atomic mass is 35.5. The average Bonchev–Trinajstić information content (AvgIpc) is 3.21. The van der Waals surface area contributed by atoms with Gasteiger partial charge < -0.3 is 0 Å². The molecule has 2 heterocycles. The lowest BCUT2D eigenvalue weighted by Gasteiger charge is -2.07. The molecule has 0 radical (unpaired) electrons. The van der Waals surface area contributed by atoms with Crippen molar-refractivity contribution < 1.29 is 0 Å². The first kappa shape index (κ1) is 17.3. The third kappa shape index (κ3) is 3.91. The van der Waals surface area contributed by atoms with E-state index in [-0.39, 0.29) is 0 Å². The van der Waals surface area contributed by atoms with Gasteiger partial charge in [0.2, 0.25) is 0 Å². The van der Waals surface area contributed by atoms with E-state index in [4.69, 9.17) is 11.6 Å². The van der Waals surface area contributed by atoms with Crippen molar-refractivity contribution in [2.24, 2.45) is 0 Å². The summed E-state index contributed by atoms with van der Waals surface area (Å²) in [5, 5.41) is 12.6. The molecule has 1 aromatic carbocycles. The Balaban J connectivity index is 1.82. The number of hydrogen-bond donors (Lipinski definition) is 0. The highest BCUT2D eigenvalue weighted by Crippen LogP contribution is 2.29. The van der Waals surface area contributed by atoms with Gasteiger partial charge >= 0.3 is 0 Å². The van der Waals surface area contributed by atoms with Crippen molar-refractivity contribution in [2.75, 3.05) is 0 Å². The summed E-state index contributed by atoms with van der Waals surface area (Å²) in [7, 11) is 0. The topological polar surface area (TPSA) is 30.7 Å². The number of rotatable bonds is 7. The summed E-state index contributed by atoms with van der Waals surface area (Å²) in [4.78, 5) is 1.36. The molecule has 2 aromatic heterocycles. The molecule has 0 aliphatic heterocycles. The number of benzene rings is 1. The van der Waals surface area contributed by atoms with Crippen molar-refractivity contribution in [1.29, 1.82) is 0 Å². The first-order valence-electron chi connectivity index (χ1n) is 7.70. The molecule has 0 amide bonds. The van der Waals surface area contributed by atoms with Gasteiger partial charge in [0.1, 0.15) is 0 Å². The number of halogens is 1. The lowest BCUT2D eigenvalue weighted by Crippen LogP contribution is -2.00. The second-order valence-corrected chi connectivity index (χ2v) is 7.65. The van der Waals surface area contributed by atoms with Crippen molar-refractivity contribution >= 4 is 34.7 Å². The van der Waals surface area contributed by atoms with Crippen molar-refractivity contribution in [3.8, 4) is 11.4 Å². The number of aromatic nitrogens is 3. The molecule has 6 heteroatoms. The number of allylic oxidation sites excluding steroid dienone is 1. The minimum Gasteiger partial charge on any atom is -0.298 e. The normalized spacial score (nSPS) is 10.9. The minimum absolute atomic E-state index is 0.697. The van der Waals surface area contributed by atoms with Gasteiger partial charge in [0.15, 0.2) is 11.0 Å². The molecule has 0 saturated heterocycles. The summed E-state index contributed by atoms with van der Waals surface area (Å²) < 4.78 is 2.12. The molecule has 0 fully saturated rings. The first-order chi connectivity index (χ1) is 11.7. The lowest BCUT2D eigenvalue weighted by molar-refractivity contribution is 0.731. The molecule has 3 nitrogen and oxygen atoms in total. The zero-order valence-corrected chi connectivity index (χ0v) is 15.8. The van der Waals surface area contributed by atoms with Gasteiger partial charge in [-0.05, 0) is 30.2 Å². The molecule has 124 valence electrons. The second kappa shape index (κ2) is 8.01. The second-order valence-electron chi connectivity index (χ2n) is 5.28. The number of thioether (sulfide) groups is 1. The van der Waals surface area contributed by atoms with Crippen LogP contribution in [0.5, 0.6) is 0 Å². The summed E-state index contributed by atoms with van der Waals surface area (Å²) in [5.41, 5.74) is 2.34. The minimum atomic E-state index is 0.697. The molecule has 0 aliphatic rings. The fraction of sp³-hybridized carbons (Fsp3) is 0.222. The van der Waals surface area contributed by atoms with E-state index in [0.29, 0.717) is 6.54 Å². The molecule has 3 rings (SSSR count). The van der Waals surface area contributed by atoms with Gasteiger partial charge in [-0.25, -0.2) is 0 Å². The van der Waals surface area contributed by atoms with Crippen molar-refractivity contribution in [2.45, 2.75) is 30.8 Å². The molecule has 0 aliphatic carbocycles. The molecule has 0 bridgehead atoms. The molecular formula is C18H18ClN3S2. The van der Waals surface area contributed by atoms with Gasteiger partial charge in [-0.2, -0.15) is 0 Å². The maximum Gasteiger partial charge on any atom is 0.192 e. The van der Waals surface area contributed by atoms with Crippen molar-refractivity contribution in [1.82, 2.24) is 14.8 Å². The van der Waals surface area contributed by atoms with Gasteiger partial charge in [-0.3, -0.25) is 4.57 Å². The van der Waals surface area contributed by atoms with E-state index in [9.17, 15) is 0 Å². The van der Waals surface area contributed by atoms with Crippen LogP contribution in [0.3, 0.4) is 0 Å². The number of nitrogens with zero attached hydrogens (tertiary/aromatic N) is 3. The van der Waals surface area contributed by atoms with E-state index in [2.05, 4.69) is 39.7 Å². The maximum absolute atomic E-state index is 5.94. The Hall–Kier alpha value is -1.56. The molecule has 0 spiro atoms. The van der Waals surface area contributed by atoms with E-state index in [1.54, 1.807) is 23.1 Å². The van der Waals surface area contributed by atoms with Crippen LogP contribution >= 0.6 is 34.7 Å². The summed E-state index contributed by atoms with van der Waals surface area (Å²) >= 11 is 9.38. The number of hydrogen-bond acceptors (Lipinski definition) is 4. The zero-order chi connectivity index (χ0) is 16.9. The largest absolute Gasteiger partial charge is 0.298 e. The Morgan fingerprint density at radius 1 is 1.29 bits per heavy atom. The molecule has 0 unspecified atom stereocenters. The van der Waals surface area contributed by atoms with Crippen LogP contribution in [0, 0.1) is 0 Å². The van der Waals surface area contributed by atoms with E-state index >= 15 is 0 Å². The van der Waals surface area contributed by atoms with Crippen LogP contribution in [0.2, 0.25) is 5.02 Å². The Morgan fingerprint density at radius 2 is 2.08 bits per heavy atom. The molecule has 0 saturated carbocycles. The van der Waals surface area contributed by atoms with Crippen LogP contribution in [0.4, 0.5) is 0 Å². The van der Waals surface area contributed by atoms with Crippen LogP contribution in [0.25, 0.3) is 11.4 Å². The monoisotopic (exact) mass is 375 g/mol.